The van der Waals surface area contributed by atoms with Gasteiger partial charge in [0.15, 0.2) is 5.82 Å². The lowest BCUT2D eigenvalue weighted by atomic mass is 9.93. The molecule has 5 rings (SSSR count). The van der Waals surface area contributed by atoms with E-state index in [9.17, 15) is 14.7 Å². The molecule has 180 valence electrons. The minimum absolute atomic E-state index is 0.152. The lowest BCUT2D eigenvalue weighted by Crippen LogP contribution is -2.46. The molecule has 2 fully saturated rings. The Kier molecular flexibility index (Phi) is 6.33. The monoisotopic (exact) mass is 485 g/mol. The zero-order valence-electron chi connectivity index (χ0n) is 18.6. The third kappa shape index (κ3) is 4.82. The number of carbonyl (C=O) groups excluding carboxylic acids is 1. The molecule has 12 heteroatoms. The van der Waals surface area contributed by atoms with Gasteiger partial charge >= 0.3 is 6.09 Å². The molecule has 2 amide bonds. The highest BCUT2D eigenvalue weighted by atomic mass is 32.1. The van der Waals surface area contributed by atoms with Crippen molar-refractivity contribution in [3.05, 3.63) is 29.5 Å². The van der Waals surface area contributed by atoms with Crippen molar-refractivity contribution in [2.45, 2.75) is 56.7 Å². The SMILES string of the molecule is O=C(O)NC1CCN(C(=O)c2cc(N[C@H]3CC[C@H](O)CC3)nc(-c3cnn4ccsc34)n2)CC1. The van der Waals surface area contributed by atoms with E-state index in [1.165, 1.54) is 11.3 Å². The summed E-state index contributed by atoms with van der Waals surface area (Å²) in [7, 11) is 0. The summed E-state index contributed by atoms with van der Waals surface area (Å²) in [4.78, 5) is 36.2. The number of aromatic nitrogens is 4. The van der Waals surface area contributed by atoms with Crippen LogP contribution in [0.15, 0.2) is 23.8 Å². The molecule has 0 radical (unpaired) electrons. The van der Waals surface area contributed by atoms with Crippen molar-refractivity contribution in [3.8, 4) is 11.4 Å². The van der Waals surface area contributed by atoms with Crippen LogP contribution >= 0.6 is 11.3 Å². The van der Waals surface area contributed by atoms with Crippen molar-refractivity contribution in [3.63, 3.8) is 0 Å². The molecule has 3 aromatic heterocycles. The molecule has 1 aliphatic carbocycles. The largest absolute Gasteiger partial charge is 0.465 e. The smallest absolute Gasteiger partial charge is 0.404 e. The van der Waals surface area contributed by atoms with Gasteiger partial charge < -0.3 is 25.7 Å². The summed E-state index contributed by atoms with van der Waals surface area (Å²) in [6.07, 6.45) is 6.52. The Hall–Kier alpha value is -3.25. The van der Waals surface area contributed by atoms with Gasteiger partial charge in [0.1, 0.15) is 16.3 Å². The van der Waals surface area contributed by atoms with Crippen LogP contribution in [0.1, 0.15) is 49.0 Å². The molecule has 2 aliphatic rings. The van der Waals surface area contributed by atoms with Crippen molar-refractivity contribution < 1.29 is 19.8 Å². The molecule has 11 nitrogen and oxygen atoms in total. The molecule has 0 aromatic carbocycles. The molecule has 0 bridgehead atoms. The highest BCUT2D eigenvalue weighted by molar-refractivity contribution is 7.16. The molecule has 1 saturated carbocycles. The topological polar surface area (TPSA) is 145 Å². The first-order chi connectivity index (χ1) is 16.5. The molecule has 0 unspecified atom stereocenters. The number of likely N-dealkylation sites (tertiary alicyclic amines) is 1. The summed E-state index contributed by atoms with van der Waals surface area (Å²) in [6.45, 7) is 0.907. The predicted molar refractivity (Wildman–Crippen MR) is 126 cm³/mol. The van der Waals surface area contributed by atoms with Gasteiger partial charge in [-0.25, -0.2) is 19.3 Å². The van der Waals surface area contributed by atoms with Crippen LogP contribution in [0.25, 0.3) is 16.2 Å². The van der Waals surface area contributed by atoms with Crippen molar-refractivity contribution in [2.75, 3.05) is 18.4 Å². The van der Waals surface area contributed by atoms with Crippen LogP contribution in [0.5, 0.6) is 0 Å². The number of nitrogens with one attached hydrogen (secondary N) is 2. The Morgan fingerprint density at radius 3 is 2.56 bits per heavy atom. The molecule has 0 spiro atoms. The average Bonchev–Trinajstić information content (AvgIpc) is 3.44. The van der Waals surface area contributed by atoms with Crippen molar-refractivity contribution in [1.82, 2.24) is 29.8 Å². The third-order valence-corrected chi connectivity index (χ3v) is 7.36. The fraction of sp³-hybridized carbons (Fsp3) is 0.500. The molecular weight excluding hydrogens is 458 g/mol. The number of carbonyl (C=O) groups is 2. The van der Waals surface area contributed by atoms with E-state index >= 15 is 0 Å². The van der Waals surface area contributed by atoms with Crippen LogP contribution in [0.3, 0.4) is 0 Å². The van der Waals surface area contributed by atoms with E-state index in [-0.39, 0.29) is 24.1 Å². The Balaban J connectivity index is 1.41. The molecule has 3 aromatic rings. The van der Waals surface area contributed by atoms with Crippen molar-refractivity contribution >= 4 is 34.0 Å². The van der Waals surface area contributed by atoms with E-state index < -0.39 is 6.09 Å². The Morgan fingerprint density at radius 2 is 1.82 bits per heavy atom. The number of amides is 2. The number of carboxylic acid groups (broad SMARTS) is 1. The van der Waals surface area contributed by atoms with Crippen LogP contribution in [0.2, 0.25) is 0 Å². The van der Waals surface area contributed by atoms with Gasteiger partial charge in [0, 0.05) is 42.8 Å². The lowest BCUT2D eigenvalue weighted by Gasteiger charge is -2.31. The van der Waals surface area contributed by atoms with E-state index in [4.69, 9.17) is 10.1 Å². The van der Waals surface area contributed by atoms with E-state index in [1.54, 1.807) is 21.7 Å². The van der Waals surface area contributed by atoms with Gasteiger partial charge in [-0.1, -0.05) is 0 Å². The number of hydrogen-bond acceptors (Lipinski definition) is 8. The maximum atomic E-state index is 13.4. The summed E-state index contributed by atoms with van der Waals surface area (Å²) in [6, 6.07) is 1.70. The van der Waals surface area contributed by atoms with Crippen molar-refractivity contribution in [2.24, 2.45) is 0 Å². The Labute approximate surface area is 199 Å². The third-order valence-electron chi connectivity index (χ3n) is 6.48. The molecule has 0 atom stereocenters. The number of piperidine rings is 1. The quantitative estimate of drug-likeness (QED) is 0.431. The second-order valence-corrected chi connectivity index (χ2v) is 9.73. The van der Waals surface area contributed by atoms with Gasteiger partial charge in [-0.3, -0.25) is 4.79 Å². The molecule has 4 heterocycles. The summed E-state index contributed by atoms with van der Waals surface area (Å²) in [5, 5.41) is 31.0. The van der Waals surface area contributed by atoms with E-state index in [0.29, 0.717) is 43.3 Å². The molecule has 1 aliphatic heterocycles. The van der Waals surface area contributed by atoms with Gasteiger partial charge in [0.05, 0.1) is 17.9 Å². The van der Waals surface area contributed by atoms with E-state index in [1.807, 2.05) is 11.6 Å². The number of nitrogens with zero attached hydrogens (tertiary/aromatic N) is 5. The number of fused-ring (bicyclic) bond motifs is 1. The second kappa shape index (κ2) is 9.55. The average molecular weight is 486 g/mol. The fourth-order valence-corrected chi connectivity index (χ4v) is 5.42. The van der Waals surface area contributed by atoms with Gasteiger partial charge in [0.25, 0.3) is 5.91 Å². The Bertz CT molecular complexity index is 1180. The minimum atomic E-state index is -1.04. The van der Waals surface area contributed by atoms with Crippen LogP contribution in [-0.2, 0) is 0 Å². The maximum Gasteiger partial charge on any atom is 0.404 e. The number of hydrogen-bond donors (Lipinski definition) is 4. The molecule has 34 heavy (non-hydrogen) atoms. The Morgan fingerprint density at radius 1 is 1.06 bits per heavy atom. The summed E-state index contributed by atoms with van der Waals surface area (Å²) < 4.78 is 1.76. The van der Waals surface area contributed by atoms with Crippen LogP contribution in [-0.4, -0.2) is 78.0 Å². The molecule has 4 N–H and O–H groups in total. The van der Waals surface area contributed by atoms with Gasteiger partial charge in [0.2, 0.25) is 0 Å². The standard InChI is InChI=1S/C22H27N7O4S/c30-15-3-1-13(2-4-15)24-18-11-17(20(31)28-7-5-14(6-8-28)25-22(32)33)26-19(27-18)16-12-23-29-9-10-34-21(16)29/h9-15,25,30H,1-8H2,(H,32,33)(H,24,26,27)/t13-,15-. The van der Waals surface area contributed by atoms with Crippen LogP contribution < -0.4 is 10.6 Å². The van der Waals surface area contributed by atoms with Gasteiger partial charge in [-0.05, 0) is 38.5 Å². The molecule has 1 saturated heterocycles. The predicted octanol–water partition coefficient (Wildman–Crippen LogP) is 2.44. The number of anilines is 1. The molecular formula is C22H27N7O4S. The number of thiazole rings is 1. The lowest BCUT2D eigenvalue weighted by molar-refractivity contribution is 0.0700. The number of rotatable bonds is 5. The number of aliphatic hydroxyl groups excluding tert-OH is 1. The van der Waals surface area contributed by atoms with Gasteiger partial charge in [-0.2, -0.15) is 5.10 Å². The zero-order chi connectivity index (χ0) is 23.7. The first-order valence-electron chi connectivity index (χ1n) is 11.5. The maximum absolute atomic E-state index is 13.4. The summed E-state index contributed by atoms with van der Waals surface area (Å²) >= 11 is 1.53. The normalized spacial score (nSPS) is 21.5. The van der Waals surface area contributed by atoms with Gasteiger partial charge in [-0.15, -0.1) is 11.3 Å². The minimum Gasteiger partial charge on any atom is -0.465 e. The zero-order valence-corrected chi connectivity index (χ0v) is 19.4. The van der Waals surface area contributed by atoms with Crippen LogP contribution in [0, 0.1) is 0 Å². The second-order valence-electron chi connectivity index (χ2n) is 8.84. The fourth-order valence-electron chi connectivity index (χ4n) is 4.62. The number of aliphatic hydroxyl groups is 1. The first kappa shape index (κ1) is 22.5. The highest BCUT2D eigenvalue weighted by Crippen LogP contribution is 2.28. The summed E-state index contributed by atoms with van der Waals surface area (Å²) in [5.41, 5.74) is 1.06. The van der Waals surface area contributed by atoms with Crippen LogP contribution in [0.4, 0.5) is 10.6 Å². The first-order valence-corrected chi connectivity index (χ1v) is 12.4. The highest BCUT2D eigenvalue weighted by Gasteiger charge is 2.27. The van der Waals surface area contributed by atoms with E-state index in [0.717, 1.165) is 36.1 Å². The summed E-state index contributed by atoms with van der Waals surface area (Å²) in [5.74, 6) is 0.811. The van der Waals surface area contributed by atoms with Crippen molar-refractivity contribution in [1.29, 1.82) is 0 Å². The van der Waals surface area contributed by atoms with E-state index in [2.05, 4.69) is 20.7 Å².